The zero-order valence-corrected chi connectivity index (χ0v) is 11.7. The summed E-state index contributed by atoms with van der Waals surface area (Å²) in [5.74, 6) is -0.0899. The van der Waals surface area contributed by atoms with Crippen molar-refractivity contribution in [2.45, 2.75) is 31.8 Å². The molecule has 3 N–H and O–H groups in total. The Balaban J connectivity index is 1.99. The van der Waals surface area contributed by atoms with Crippen LogP contribution in [0.5, 0.6) is 0 Å². The molecule has 20 heavy (non-hydrogen) atoms. The topological polar surface area (TPSA) is 82.2 Å². The van der Waals surface area contributed by atoms with E-state index in [4.69, 9.17) is 11.0 Å². The summed E-state index contributed by atoms with van der Waals surface area (Å²) in [7, 11) is 0. The van der Waals surface area contributed by atoms with Crippen LogP contribution in [0.3, 0.4) is 0 Å². The van der Waals surface area contributed by atoms with Gasteiger partial charge in [-0.3, -0.25) is 4.79 Å². The van der Waals surface area contributed by atoms with Gasteiger partial charge in [0.15, 0.2) is 0 Å². The Bertz CT molecular complexity index is 523. The highest BCUT2D eigenvalue weighted by molar-refractivity contribution is 5.81. The fourth-order valence-corrected chi connectivity index (χ4v) is 2.43. The minimum atomic E-state index is -0.435. The van der Waals surface area contributed by atoms with Gasteiger partial charge < -0.3 is 16.0 Å². The second-order valence-corrected chi connectivity index (χ2v) is 5.08. The molecule has 1 aliphatic rings. The number of nitrogens with one attached hydrogen (secondary N) is 1. The number of amides is 1. The first-order valence-corrected chi connectivity index (χ1v) is 6.95. The molecule has 0 saturated carbocycles. The van der Waals surface area contributed by atoms with E-state index < -0.39 is 6.04 Å². The maximum Gasteiger partial charge on any atom is 0.237 e. The summed E-state index contributed by atoms with van der Waals surface area (Å²) in [4.78, 5) is 13.9. The standard InChI is InChI=1S/C15H20N4O/c1-2-13(17)15(20)18-12-7-8-19(10-12)14-6-4-3-5-11(14)9-16/h3-6,12-13H,2,7-8,10,17H2,1H3,(H,18,20)/t12-,13-/m0/s1. The SMILES string of the molecule is CC[C@H](N)C(=O)N[C@H]1CCN(c2ccccc2C#N)C1. The predicted octanol–water partition coefficient (Wildman–Crippen LogP) is 0.990. The van der Waals surface area contributed by atoms with Crippen LogP contribution in [0.25, 0.3) is 0 Å². The molecule has 1 aromatic rings. The summed E-state index contributed by atoms with van der Waals surface area (Å²) in [6.45, 7) is 3.46. The zero-order chi connectivity index (χ0) is 14.5. The second-order valence-electron chi connectivity index (χ2n) is 5.08. The lowest BCUT2D eigenvalue weighted by atomic mass is 10.2. The number of rotatable bonds is 4. The average Bonchev–Trinajstić information content (AvgIpc) is 2.94. The van der Waals surface area contributed by atoms with Gasteiger partial charge in [-0.05, 0) is 25.0 Å². The number of hydrogen-bond acceptors (Lipinski definition) is 4. The van der Waals surface area contributed by atoms with Crippen LogP contribution < -0.4 is 16.0 Å². The lowest BCUT2D eigenvalue weighted by molar-refractivity contribution is -0.123. The molecule has 1 aliphatic heterocycles. The Morgan fingerprint density at radius 3 is 3.05 bits per heavy atom. The first-order valence-electron chi connectivity index (χ1n) is 6.95. The Labute approximate surface area is 119 Å². The summed E-state index contributed by atoms with van der Waals surface area (Å²) in [6, 6.07) is 9.42. The van der Waals surface area contributed by atoms with Crippen LogP contribution in [0.2, 0.25) is 0 Å². The monoisotopic (exact) mass is 272 g/mol. The lowest BCUT2D eigenvalue weighted by Crippen LogP contribution is -2.46. The second kappa shape index (κ2) is 6.40. The third-order valence-corrected chi connectivity index (χ3v) is 3.68. The van der Waals surface area contributed by atoms with E-state index in [1.165, 1.54) is 0 Å². The molecule has 0 aromatic heterocycles. The van der Waals surface area contributed by atoms with Gasteiger partial charge in [0, 0.05) is 19.1 Å². The maximum absolute atomic E-state index is 11.8. The Morgan fingerprint density at radius 1 is 1.60 bits per heavy atom. The van der Waals surface area contributed by atoms with Crippen LogP contribution in [-0.4, -0.2) is 31.1 Å². The molecular weight excluding hydrogens is 252 g/mol. The minimum Gasteiger partial charge on any atom is -0.368 e. The van der Waals surface area contributed by atoms with Crippen molar-refractivity contribution < 1.29 is 4.79 Å². The molecule has 2 rings (SSSR count). The van der Waals surface area contributed by atoms with Crippen LogP contribution in [0.15, 0.2) is 24.3 Å². The fraction of sp³-hybridized carbons (Fsp3) is 0.467. The van der Waals surface area contributed by atoms with Gasteiger partial charge in [-0.25, -0.2) is 0 Å². The molecule has 0 bridgehead atoms. The highest BCUT2D eigenvalue weighted by Crippen LogP contribution is 2.24. The van der Waals surface area contributed by atoms with Gasteiger partial charge in [0.2, 0.25) is 5.91 Å². The molecule has 1 fully saturated rings. The average molecular weight is 272 g/mol. The largest absolute Gasteiger partial charge is 0.368 e. The Kier molecular flexibility index (Phi) is 4.59. The minimum absolute atomic E-state index is 0.0899. The van der Waals surface area contributed by atoms with E-state index in [9.17, 15) is 4.79 Å². The van der Waals surface area contributed by atoms with Crippen molar-refractivity contribution in [3.05, 3.63) is 29.8 Å². The van der Waals surface area contributed by atoms with Crippen molar-refractivity contribution in [1.82, 2.24) is 5.32 Å². The number of hydrogen-bond donors (Lipinski definition) is 2. The van der Waals surface area contributed by atoms with Crippen molar-refractivity contribution in [2.75, 3.05) is 18.0 Å². The summed E-state index contributed by atoms with van der Waals surface area (Å²) < 4.78 is 0. The first kappa shape index (κ1) is 14.4. The Morgan fingerprint density at radius 2 is 2.35 bits per heavy atom. The van der Waals surface area contributed by atoms with E-state index in [2.05, 4.69) is 16.3 Å². The smallest absolute Gasteiger partial charge is 0.237 e. The van der Waals surface area contributed by atoms with Gasteiger partial charge in [-0.2, -0.15) is 5.26 Å². The lowest BCUT2D eigenvalue weighted by Gasteiger charge is -2.20. The van der Waals surface area contributed by atoms with Gasteiger partial charge in [0.05, 0.1) is 17.3 Å². The number of nitrogens with zero attached hydrogens (tertiary/aromatic N) is 2. The van der Waals surface area contributed by atoms with Crippen LogP contribution in [0.4, 0.5) is 5.69 Å². The summed E-state index contributed by atoms with van der Waals surface area (Å²) >= 11 is 0. The van der Waals surface area contributed by atoms with Gasteiger partial charge in [-0.15, -0.1) is 0 Å². The molecule has 1 saturated heterocycles. The van der Waals surface area contributed by atoms with Crippen LogP contribution >= 0.6 is 0 Å². The number of nitriles is 1. The number of para-hydroxylation sites is 1. The van der Waals surface area contributed by atoms with E-state index in [0.29, 0.717) is 12.0 Å². The Hall–Kier alpha value is -2.06. The molecule has 1 aromatic carbocycles. The molecule has 5 heteroatoms. The zero-order valence-electron chi connectivity index (χ0n) is 11.7. The molecule has 1 heterocycles. The highest BCUT2D eigenvalue weighted by atomic mass is 16.2. The quantitative estimate of drug-likeness (QED) is 0.856. The number of carbonyl (C=O) groups is 1. The van der Waals surface area contributed by atoms with Crippen molar-refractivity contribution in [3.63, 3.8) is 0 Å². The van der Waals surface area contributed by atoms with Crippen molar-refractivity contribution in [1.29, 1.82) is 5.26 Å². The number of carbonyl (C=O) groups excluding carboxylic acids is 1. The molecule has 1 amide bonds. The first-order chi connectivity index (χ1) is 9.65. The van der Waals surface area contributed by atoms with E-state index in [-0.39, 0.29) is 11.9 Å². The van der Waals surface area contributed by atoms with Crippen molar-refractivity contribution in [3.8, 4) is 6.07 Å². The van der Waals surface area contributed by atoms with Crippen molar-refractivity contribution >= 4 is 11.6 Å². The molecule has 0 aliphatic carbocycles. The molecule has 0 radical (unpaired) electrons. The highest BCUT2D eigenvalue weighted by Gasteiger charge is 2.26. The molecule has 0 spiro atoms. The normalized spacial score (nSPS) is 19.4. The molecule has 106 valence electrons. The predicted molar refractivity (Wildman–Crippen MR) is 78.2 cm³/mol. The van der Waals surface area contributed by atoms with Gasteiger partial charge >= 0.3 is 0 Å². The molecule has 5 nitrogen and oxygen atoms in total. The molecule has 0 unspecified atom stereocenters. The number of anilines is 1. The van der Waals surface area contributed by atoms with E-state index in [0.717, 1.165) is 25.2 Å². The maximum atomic E-state index is 11.8. The number of benzene rings is 1. The van der Waals surface area contributed by atoms with Gasteiger partial charge in [-0.1, -0.05) is 19.1 Å². The molecule has 2 atom stereocenters. The fourth-order valence-electron chi connectivity index (χ4n) is 2.43. The van der Waals surface area contributed by atoms with Gasteiger partial charge in [0.1, 0.15) is 6.07 Å². The van der Waals surface area contributed by atoms with Crippen LogP contribution in [0.1, 0.15) is 25.3 Å². The summed E-state index contributed by atoms with van der Waals surface area (Å²) in [6.07, 6.45) is 1.52. The summed E-state index contributed by atoms with van der Waals surface area (Å²) in [5, 5.41) is 12.1. The van der Waals surface area contributed by atoms with Crippen molar-refractivity contribution in [2.24, 2.45) is 5.73 Å². The van der Waals surface area contributed by atoms with Gasteiger partial charge in [0.25, 0.3) is 0 Å². The number of nitrogens with two attached hydrogens (primary N) is 1. The van der Waals surface area contributed by atoms with Crippen LogP contribution in [0, 0.1) is 11.3 Å². The van der Waals surface area contributed by atoms with E-state index in [1.54, 1.807) is 0 Å². The summed E-state index contributed by atoms with van der Waals surface area (Å²) in [5.41, 5.74) is 7.32. The van der Waals surface area contributed by atoms with Crippen LogP contribution in [-0.2, 0) is 4.79 Å². The third kappa shape index (κ3) is 3.09. The third-order valence-electron chi connectivity index (χ3n) is 3.68. The van der Waals surface area contributed by atoms with E-state index >= 15 is 0 Å². The van der Waals surface area contributed by atoms with E-state index in [1.807, 2.05) is 31.2 Å². The molecular formula is C15H20N4O.